The zero-order valence-electron chi connectivity index (χ0n) is 17.2. The molecule has 0 spiro atoms. The predicted molar refractivity (Wildman–Crippen MR) is 112 cm³/mol. The van der Waals surface area contributed by atoms with E-state index in [1.807, 2.05) is 0 Å². The highest BCUT2D eigenvalue weighted by Gasteiger charge is 2.31. The summed E-state index contributed by atoms with van der Waals surface area (Å²) in [5, 5.41) is 12.1. The SMILES string of the molecule is CN1C(=O)C(Cc2cc(F)c(O)c(F)c2)Cc2cc(C(=O)NCc3cncnc3)ccc21. The second-order valence-corrected chi connectivity index (χ2v) is 7.68. The average molecular weight is 438 g/mol. The normalized spacial score (nSPS) is 15.4. The Morgan fingerprint density at radius 3 is 2.53 bits per heavy atom. The monoisotopic (exact) mass is 438 g/mol. The number of halogens is 2. The molecule has 1 aromatic heterocycles. The third-order valence-electron chi connectivity index (χ3n) is 5.48. The number of hydrogen-bond acceptors (Lipinski definition) is 5. The maximum Gasteiger partial charge on any atom is 0.251 e. The standard InChI is InChI=1S/C23H20F2N4O3/c1-29-20-3-2-15(22(31)28-11-14-9-26-12-27-10-14)7-16(20)8-17(23(29)32)4-13-5-18(24)21(30)19(25)6-13/h2-3,5-7,9-10,12,17,30H,4,8,11H2,1H3,(H,28,31). The van der Waals surface area contributed by atoms with Crippen LogP contribution in [0.15, 0.2) is 49.1 Å². The van der Waals surface area contributed by atoms with Crippen LogP contribution in [0, 0.1) is 17.6 Å². The number of amides is 2. The van der Waals surface area contributed by atoms with Crippen LogP contribution in [-0.4, -0.2) is 33.9 Å². The average Bonchev–Trinajstić information content (AvgIpc) is 2.79. The largest absolute Gasteiger partial charge is 0.503 e. The molecular formula is C23H20F2N4O3. The summed E-state index contributed by atoms with van der Waals surface area (Å²) in [6.45, 7) is 0.274. The summed E-state index contributed by atoms with van der Waals surface area (Å²) in [4.78, 5) is 34.7. The van der Waals surface area contributed by atoms with Crippen LogP contribution in [0.5, 0.6) is 5.75 Å². The number of nitrogens with zero attached hydrogens (tertiary/aromatic N) is 3. The maximum absolute atomic E-state index is 13.7. The third kappa shape index (κ3) is 4.27. The number of nitrogens with one attached hydrogen (secondary N) is 1. The second kappa shape index (κ2) is 8.70. The molecule has 164 valence electrons. The number of carbonyl (C=O) groups excluding carboxylic acids is 2. The number of aromatic nitrogens is 2. The van der Waals surface area contributed by atoms with E-state index in [9.17, 15) is 23.5 Å². The van der Waals surface area contributed by atoms with E-state index in [2.05, 4.69) is 15.3 Å². The topological polar surface area (TPSA) is 95.4 Å². The highest BCUT2D eigenvalue weighted by Crippen LogP contribution is 2.33. The van der Waals surface area contributed by atoms with E-state index in [0.717, 1.165) is 23.3 Å². The number of phenolic OH excluding ortho intramolecular Hbond substituents is 1. The fraction of sp³-hybridized carbons (Fsp3) is 0.217. The van der Waals surface area contributed by atoms with Crippen molar-refractivity contribution >= 4 is 17.5 Å². The Morgan fingerprint density at radius 2 is 1.84 bits per heavy atom. The van der Waals surface area contributed by atoms with E-state index in [4.69, 9.17) is 0 Å². The van der Waals surface area contributed by atoms with Crippen LogP contribution in [0.3, 0.4) is 0 Å². The van der Waals surface area contributed by atoms with Crippen molar-refractivity contribution in [2.75, 3.05) is 11.9 Å². The first-order valence-electron chi connectivity index (χ1n) is 9.93. The number of fused-ring (bicyclic) bond motifs is 1. The minimum atomic E-state index is -1.07. The zero-order chi connectivity index (χ0) is 22.8. The van der Waals surface area contributed by atoms with Crippen molar-refractivity contribution in [1.82, 2.24) is 15.3 Å². The first kappa shape index (κ1) is 21.4. The van der Waals surface area contributed by atoms with Gasteiger partial charge in [-0.3, -0.25) is 9.59 Å². The molecule has 1 aliphatic heterocycles. The fourth-order valence-corrected chi connectivity index (χ4v) is 3.85. The fourth-order valence-electron chi connectivity index (χ4n) is 3.85. The van der Waals surface area contributed by atoms with Crippen LogP contribution in [0.1, 0.15) is 27.0 Å². The molecule has 2 heterocycles. The van der Waals surface area contributed by atoms with Gasteiger partial charge in [0.05, 0.1) is 0 Å². The molecule has 9 heteroatoms. The Hall–Kier alpha value is -3.88. The molecule has 0 aliphatic carbocycles. The van der Waals surface area contributed by atoms with Gasteiger partial charge in [-0.15, -0.1) is 0 Å². The maximum atomic E-state index is 13.7. The second-order valence-electron chi connectivity index (χ2n) is 7.68. The van der Waals surface area contributed by atoms with Crippen LogP contribution in [0.25, 0.3) is 0 Å². The van der Waals surface area contributed by atoms with Crippen LogP contribution in [-0.2, 0) is 24.2 Å². The molecule has 32 heavy (non-hydrogen) atoms. The molecule has 1 unspecified atom stereocenters. The Bertz CT molecular complexity index is 1160. The number of hydrogen-bond donors (Lipinski definition) is 2. The summed E-state index contributed by atoms with van der Waals surface area (Å²) < 4.78 is 27.4. The van der Waals surface area contributed by atoms with Gasteiger partial charge in [-0.25, -0.2) is 18.7 Å². The van der Waals surface area contributed by atoms with Crippen LogP contribution >= 0.6 is 0 Å². The lowest BCUT2D eigenvalue weighted by atomic mass is 9.86. The Labute approximate surface area is 182 Å². The molecule has 0 fully saturated rings. The van der Waals surface area contributed by atoms with Gasteiger partial charge in [0, 0.05) is 48.7 Å². The van der Waals surface area contributed by atoms with Gasteiger partial charge in [0.2, 0.25) is 5.91 Å². The first-order valence-corrected chi connectivity index (χ1v) is 9.93. The molecule has 0 saturated carbocycles. The number of rotatable bonds is 5. The summed E-state index contributed by atoms with van der Waals surface area (Å²) in [5.41, 5.74) is 2.93. The van der Waals surface area contributed by atoms with Gasteiger partial charge in [0.25, 0.3) is 5.91 Å². The van der Waals surface area contributed by atoms with Crippen molar-refractivity contribution in [2.45, 2.75) is 19.4 Å². The van der Waals surface area contributed by atoms with Gasteiger partial charge in [-0.05, 0) is 54.3 Å². The number of carbonyl (C=O) groups is 2. The number of aromatic hydroxyl groups is 1. The number of anilines is 1. The molecule has 0 saturated heterocycles. The van der Waals surface area contributed by atoms with E-state index in [1.165, 1.54) is 11.2 Å². The first-order chi connectivity index (χ1) is 15.3. The molecule has 0 bridgehead atoms. The third-order valence-corrected chi connectivity index (χ3v) is 5.48. The summed E-state index contributed by atoms with van der Waals surface area (Å²) in [6.07, 6.45) is 5.04. The van der Waals surface area contributed by atoms with Crippen molar-refractivity contribution in [1.29, 1.82) is 0 Å². The minimum absolute atomic E-state index is 0.0984. The smallest absolute Gasteiger partial charge is 0.251 e. The number of benzene rings is 2. The van der Waals surface area contributed by atoms with Gasteiger partial charge >= 0.3 is 0 Å². The summed E-state index contributed by atoms with van der Waals surface area (Å²) in [7, 11) is 1.63. The Kier molecular flexibility index (Phi) is 5.81. The lowest BCUT2D eigenvalue weighted by Gasteiger charge is -2.32. The molecule has 2 aromatic carbocycles. The molecule has 1 aliphatic rings. The van der Waals surface area contributed by atoms with Crippen LogP contribution in [0.2, 0.25) is 0 Å². The van der Waals surface area contributed by atoms with E-state index in [-0.39, 0.29) is 30.3 Å². The van der Waals surface area contributed by atoms with Crippen molar-refractivity contribution in [2.24, 2.45) is 5.92 Å². The van der Waals surface area contributed by atoms with Crippen molar-refractivity contribution in [3.05, 3.63) is 82.9 Å². The van der Waals surface area contributed by atoms with E-state index in [0.29, 0.717) is 17.7 Å². The van der Waals surface area contributed by atoms with Gasteiger partial charge in [0.15, 0.2) is 17.4 Å². The minimum Gasteiger partial charge on any atom is -0.503 e. The van der Waals surface area contributed by atoms with Gasteiger partial charge in [-0.2, -0.15) is 0 Å². The highest BCUT2D eigenvalue weighted by atomic mass is 19.1. The summed E-state index contributed by atoms with van der Waals surface area (Å²) in [5.74, 6) is -4.21. The Morgan fingerprint density at radius 1 is 1.16 bits per heavy atom. The van der Waals surface area contributed by atoms with Gasteiger partial charge in [-0.1, -0.05) is 0 Å². The van der Waals surface area contributed by atoms with E-state index < -0.39 is 23.3 Å². The molecule has 1 atom stereocenters. The lowest BCUT2D eigenvalue weighted by Crippen LogP contribution is -2.39. The highest BCUT2D eigenvalue weighted by molar-refractivity contribution is 6.00. The molecule has 2 N–H and O–H groups in total. The van der Waals surface area contributed by atoms with E-state index in [1.54, 1.807) is 37.6 Å². The van der Waals surface area contributed by atoms with Gasteiger partial charge in [0.1, 0.15) is 6.33 Å². The zero-order valence-corrected chi connectivity index (χ0v) is 17.2. The van der Waals surface area contributed by atoms with E-state index >= 15 is 0 Å². The van der Waals surface area contributed by atoms with Crippen molar-refractivity contribution in [3.63, 3.8) is 0 Å². The van der Waals surface area contributed by atoms with Crippen molar-refractivity contribution < 1.29 is 23.5 Å². The quantitative estimate of drug-likeness (QED) is 0.639. The number of phenols is 1. The molecule has 0 radical (unpaired) electrons. The summed E-state index contributed by atoms with van der Waals surface area (Å²) >= 11 is 0. The van der Waals surface area contributed by atoms with Crippen LogP contribution < -0.4 is 10.2 Å². The molecule has 4 rings (SSSR count). The predicted octanol–water partition coefficient (Wildman–Crippen LogP) is 2.77. The Balaban J connectivity index is 1.52. The summed E-state index contributed by atoms with van der Waals surface area (Å²) in [6, 6.07) is 7.13. The molecule has 2 amide bonds. The molecule has 3 aromatic rings. The molecular weight excluding hydrogens is 418 g/mol. The lowest BCUT2D eigenvalue weighted by molar-refractivity contribution is -0.122. The van der Waals surface area contributed by atoms with Gasteiger partial charge < -0.3 is 15.3 Å². The van der Waals surface area contributed by atoms with Crippen LogP contribution in [0.4, 0.5) is 14.5 Å². The van der Waals surface area contributed by atoms with Crippen molar-refractivity contribution in [3.8, 4) is 5.75 Å². The molecule has 7 nitrogen and oxygen atoms in total.